The monoisotopic (exact) mass is 530 g/mol. The van der Waals surface area contributed by atoms with Gasteiger partial charge >= 0.3 is 6.18 Å². The second kappa shape index (κ2) is 9.76. The SMILES string of the molecule is O=C(c1ccccc1)N(C(=O)c1ccccc1)c1ccc2c(nnn2CCCC(F)(F)F)c1Br. The smallest absolute Gasteiger partial charge is 0.268 e. The van der Waals surface area contributed by atoms with Crippen molar-refractivity contribution in [3.8, 4) is 0 Å². The molecule has 0 fully saturated rings. The number of halogens is 4. The van der Waals surface area contributed by atoms with Crippen molar-refractivity contribution in [1.29, 1.82) is 0 Å². The van der Waals surface area contributed by atoms with E-state index in [-0.39, 0.29) is 18.7 Å². The molecule has 0 saturated carbocycles. The van der Waals surface area contributed by atoms with Crippen LogP contribution in [0, 0.1) is 0 Å². The van der Waals surface area contributed by atoms with Gasteiger partial charge in [-0.05, 0) is 58.7 Å². The van der Waals surface area contributed by atoms with Gasteiger partial charge in [-0.3, -0.25) is 9.59 Å². The lowest BCUT2D eigenvalue weighted by Gasteiger charge is -2.22. The number of amides is 2. The predicted molar refractivity (Wildman–Crippen MR) is 125 cm³/mol. The lowest BCUT2D eigenvalue weighted by atomic mass is 10.1. The first kappa shape index (κ1) is 23.6. The van der Waals surface area contributed by atoms with Gasteiger partial charge in [0.15, 0.2) is 0 Å². The molecular weight excluding hydrogens is 513 g/mol. The zero-order valence-electron chi connectivity index (χ0n) is 17.7. The van der Waals surface area contributed by atoms with Gasteiger partial charge in [0.05, 0.1) is 15.7 Å². The highest BCUT2D eigenvalue weighted by molar-refractivity contribution is 9.10. The van der Waals surface area contributed by atoms with Gasteiger partial charge in [-0.1, -0.05) is 41.6 Å². The molecule has 1 aromatic heterocycles. The van der Waals surface area contributed by atoms with Crippen molar-refractivity contribution in [3.63, 3.8) is 0 Å². The topological polar surface area (TPSA) is 68.1 Å². The average Bonchev–Trinajstić information content (AvgIpc) is 3.24. The minimum Gasteiger partial charge on any atom is -0.268 e. The maximum absolute atomic E-state index is 13.4. The highest BCUT2D eigenvalue weighted by Gasteiger charge is 2.29. The van der Waals surface area contributed by atoms with Crippen LogP contribution in [0.15, 0.2) is 77.3 Å². The Morgan fingerprint density at radius 3 is 1.97 bits per heavy atom. The molecule has 0 N–H and O–H groups in total. The van der Waals surface area contributed by atoms with Gasteiger partial charge in [-0.2, -0.15) is 13.2 Å². The highest BCUT2D eigenvalue weighted by atomic mass is 79.9. The molecule has 0 aliphatic heterocycles. The molecular formula is C24H18BrF3N4O2. The summed E-state index contributed by atoms with van der Waals surface area (Å²) < 4.78 is 39.2. The van der Waals surface area contributed by atoms with Crippen molar-refractivity contribution >= 4 is 44.5 Å². The van der Waals surface area contributed by atoms with E-state index in [1.165, 1.54) is 4.68 Å². The standard InChI is InChI=1S/C24H18BrF3N4O2/c25-20-18(12-13-19-21(20)29-30-31(19)15-7-14-24(26,27)28)32(22(33)16-8-3-1-4-9-16)23(34)17-10-5-2-6-11-17/h1-6,8-13H,7,14-15H2. The largest absolute Gasteiger partial charge is 0.389 e. The summed E-state index contributed by atoms with van der Waals surface area (Å²) in [5.74, 6) is -1.07. The summed E-state index contributed by atoms with van der Waals surface area (Å²) in [5.41, 5.74) is 1.69. The van der Waals surface area contributed by atoms with Crippen molar-refractivity contribution < 1.29 is 22.8 Å². The fraction of sp³-hybridized carbons (Fsp3) is 0.167. The first-order valence-electron chi connectivity index (χ1n) is 10.3. The molecule has 0 atom stereocenters. The van der Waals surface area contributed by atoms with Crippen molar-refractivity contribution in [2.75, 3.05) is 4.90 Å². The third-order valence-electron chi connectivity index (χ3n) is 5.12. The minimum absolute atomic E-state index is 0.0252. The Labute approximate surface area is 201 Å². The Morgan fingerprint density at radius 2 is 1.44 bits per heavy atom. The Balaban J connectivity index is 1.74. The van der Waals surface area contributed by atoms with Crippen LogP contribution >= 0.6 is 15.9 Å². The fourth-order valence-electron chi connectivity index (χ4n) is 3.49. The Kier molecular flexibility index (Phi) is 6.78. The van der Waals surface area contributed by atoms with E-state index in [1.807, 2.05) is 0 Å². The lowest BCUT2D eigenvalue weighted by molar-refractivity contribution is -0.136. The van der Waals surface area contributed by atoms with E-state index in [9.17, 15) is 22.8 Å². The number of carbonyl (C=O) groups is 2. The number of benzene rings is 3. The molecule has 0 saturated heterocycles. The normalized spacial score (nSPS) is 11.5. The van der Waals surface area contributed by atoms with Gasteiger partial charge in [-0.15, -0.1) is 5.10 Å². The summed E-state index contributed by atoms with van der Waals surface area (Å²) in [6.07, 6.45) is -5.33. The lowest BCUT2D eigenvalue weighted by Crippen LogP contribution is -2.37. The average molecular weight is 531 g/mol. The van der Waals surface area contributed by atoms with Crippen LogP contribution in [0.5, 0.6) is 0 Å². The molecule has 0 aliphatic rings. The summed E-state index contributed by atoms with van der Waals surface area (Å²) in [5, 5.41) is 8.04. The number of imide groups is 1. The van der Waals surface area contributed by atoms with Crippen LogP contribution in [0.1, 0.15) is 33.6 Å². The number of fused-ring (bicyclic) bond motifs is 1. The molecule has 0 unspecified atom stereocenters. The van der Waals surface area contributed by atoms with E-state index in [2.05, 4.69) is 26.2 Å². The van der Waals surface area contributed by atoms with E-state index in [0.717, 1.165) is 4.90 Å². The molecule has 0 spiro atoms. The predicted octanol–water partition coefficient (Wildman–Crippen LogP) is 6.02. The van der Waals surface area contributed by atoms with Gasteiger partial charge in [0.1, 0.15) is 5.52 Å². The molecule has 174 valence electrons. The van der Waals surface area contributed by atoms with E-state index in [0.29, 0.717) is 26.6 Å². The first-order chi connectivity index (χ1) is 16.3. The van der Waals surface area contributed by atoms with Crippen LogP contribution < -0.4 is 4.90 Å². The minimum atomic E-state index is -4.25. The number of rotatable bonds is 6. The summed E-state index contributed by atoms with van der Waals surface area (Å²) in [6.45, 7) is 0.0252. The van der Waals surface area contributed by atoms with E-state index < -0.39 is 24.4 Å². The third kappa shape index (κ3) is 5.01. The quantitative estimate of drug-likeness (QED) is 0.286. The Hall–Kier alpha value is -3.53. The number of carbonyl (C=O) groups excluding carboxylic acids is 2. The number of nitrogens with zero attached hydrogens (tertiary/aromatic N) is 4. The van der Waals surface area contributed by atoms with Gasteiger partial charge < -0.3 is 0 Å². The van der Waals surface area contributed by atoms with Crippen molar-refractivity contribution in [2.45, 2.75) is 25.6 Å². The number of aromatic nitrogens is 3. The molecule has 10 heteroatoms. The van der Waals surface area contributed by atoms with E-state index >= 15 is 0 Å². The molecule has 4 rings (SSSR count). The van der Waals surface area contributed by atoms with Crippen molar-refractivity contribution in [1.82, 2.24) is 15.0 Å². The number of aryl methyl sites for hydroxylation is 1. The zero-order valence-corrected chi connectivity index (χ0v) is 19.3. The summed E-state index contributed by atoms with van der Waals surface area (Å²) >= 11 is 3.44. The van der Waals surface area contributed by atoms with Crippen LogP contribution in [0.3, 0.4) is 0 Å². The van der Waals surface area contributed by atoms with Crippen molar-refractivity contribution in [3.05, 3.63) is 88.4 Å². The zero-order chi connectivity index (χ0) is 24.3. The fourth-order valence-corrected chi connectivity index (χ4v) is 4.08. The summed E-state index contributed by atoms with van der Waals surface area (Å²) in [7, 11) is 0. The van der Waals surface area contributed by atoms with E-state index in [1.54, 1.807) is 72.8 Å². The number of hydrogen-bond acceptors (Lipinski definition) is 4. The molecule has 0 radical (unpaired) electrons. The molecule has 0 aliphatic carbocycles. The third-order valence-corrected chi connectivity index (χ3v) is 5.91. The second-order valence-electron chi connectivity index (χ2n) is 7.48. The molecule has 3 aromatic carbocycles. The first-order valence-corrected chi connectivity index (χ1v) is 11.1. The van der Waals surface area contributed by atoms with Gasteiger partial charge in [0.25, 0.3) is 11.8 Å². The van der Waals surface area contributed by atoms with Gasteiger partial charge in [0.2, 0.25) is 0 Å². The van der Waals surface area contributed by atoms with Crippen LogP contribution in [-0.4, -0.2) is 33.0 Å². The summed E-state index contributed by atoms with van der Waals surface area (Å²) in [4.78, 5) is 27.9. The van der Waals surface area contributed by atoms with Crippen LogP contribution in [0.2, 0.25) is 0 Å². The number of hydrogen-bond donors (Lipinski definition) is 0. The maximum Gasteiger partial charge on any atom is 0.389 e. The summed E-state index contributed by atoms with van der Waals surface area (Å²) in [6, 6.07) is 19.9. The molecule has 0 bridgehead atoms. The molecule has 2 amide bonds. The van der Waals surface area contributed by atoms with Crippen molar-refractivity contribution in [2.24, 2.45) is 0 Å². The van der Waals surface area contributed by atoms with Crippen LogP contribution in [-0.2, 0) is 6.54 Å². The van der Waals surface area contributed by atoms with Gasteiger partial charge in [0, 0.05) is 24.1 Å². The Morgan fingerprint density at radius 1 is 0.882 bits per heavy atom. The maximum atomic E-state index is 13.4. The van der Waals surface area contributed by atoms with Crippen LogP contribution in [0.4, 0.5) is 18.9 Å². The second-order valence-corrected chi connectivity index (χ2v) is 8.27. The molecule has 4 aromatic rings. The van der Waals surface area contributed by atoms with E-state index in [4.69, 9.17) is 0 Å². The Bertz CT molecular complexity index is 1270. The number of anilines is 1. The van der Waals surface area contributed by atoms with Crippen LogP contribution in [0.25, 0.3) is 11.0 Å². The van der Waals surface area contributed by atoms with Gasteiger partial charge in [-0.25, -0.2) is 9.58 Å². The molecule has 1 heterocycles. The number of alkyl halides is 3. The highest BCUT2D eigenvalue weighted by Crippen LogP contribution is 2.35. The molecule has 34 heavy (non-hydrogen) atoms. The molecule has 6 nitrogen and oxygen atoms in total.